The van der Waals surface area contributed by atoms with Crippen LogP contribution in [0.4, 0.5) is 22.7 Å². The normalized spacial score (nSPS) is 16.4. The Kier molecular flexibility index (Phi) is 8.57. The first-order valence-electron chi connectivity index (χ1n) is 16.6. The fourth-order valence-corrected chi connectivity index (χ4v) is 7.65. The van der Waals surface area contributed by atoms with Crippen LogP contribution in [0.25, 0.3) is 17.2 Å². The second-order valence-electron chi connectivity index (χ2n) is 12.8. The van der Waals surface area contributed by atoms with E-state index < -0.39 is 0 Å². The van der Waals surface area contributed by atoms with Crippen molar-refractivity contribution >= 4 is 40.4 Å². The molecule has 0 atom stereocenters. The fourth-order valence-electron chi connectivity index (χ4n) is 7.36. The predicted molar refractivity (Wildman–Crippen MR) is 191 cm³/mol. The van der Waals surface area contributed by atoms with Crippen LogP contribution in [0.3, 0.4) is 0 Å². The van der Waals surface area contributed by atoms with Gasteiger partial charge in [-0.3, -0.25) is 9.88 Å². The minimum Gasteiger partial charge on any atom is -0.379 e. The van der Waals surface area contributed by atoms with E-state index in [1.807, 2.05) is 6.20 Å². The van der Waals surface area contributed by atoms with Gasteiger partial charge in [0, 0.05) is 47.3 Å². The van der Waals surface area contributed by atoms with Gasteiger partial charge in [-0.15, -0.1) is 0 Å². The van der Waals surface area contributed by atoms with Gasteiger partial charge in [-0.25, -0.2) is 0 Å². The number of hydrogen-bond donors (Lipinski definition) is 1. The van der Waals surface area contributed by atoms with E-state index >= 15 is 0 Å². The third kappa shape index (κ3) is 5.96. The SMILES string of the molecule is C/C=C\c1cc(N2CCCC2)cnc1CNc1cccc(-c2cccc(N3Cc4c(Cl)cc(CN5CCCC5)cc43)c2C)c1C. The largest absolute Gasteiger partial charge is 0.379 e. The molecule has 5 nitrogen and oxygen atoms in total. The Balaban J connectivity index is 1.13. The number of nitrogens with one attached hydrogen (secondary N) is 1. The molecule has 0 bridgehead atoms. The minimum absolute atomic E-state index is 0.675. The van der Waals surface area contributed by atoms with Crippen LogP contribution in [0.5, 0.6) is 0 Å². The van der Waals surface area contributed by atoms with Crippen molar-refractivity contribution in [3.8, 4) is 11.1 Å². The lowest BCUT2D eigenvalue weighted by Gasteiger charge is -2.39. The van der Waals surface area contributed by atoms with E-state index in [0.29, 0.717) is 6.54 Å². The highest BCUT2D eigenvalue weighted by atomic mass is 35.5. The third-order valence-corrected chi connectivity index (χ3v) is 10.3. The summed E-state index contributed by atoms with van der Waals surface area (Å²) in [5, 5.41) is 4.62. The van der Waals surface area contributed by atoms with Gasteiger partial charge >= 0.3 is 0 Å². The zero-order valence-corrected chi connectivity index (χ0v) is 27.6. The number of allylic oxidation sites excluding steroid dienone is 1. The number of pyridine rings is 1. The Bertz CT molecular complexity index is 1730. The van der Waals surface area contributed by atoms with E-state index in [9.17, 15) is 0 Å². The highest BCUT2D eigenvalue weighted by Gasteiger charge is 2.29. The van der Waals surface area contributed by atoms with Crippen LogP contribution in [-0.2, 0) is 19.6 Å². The molecule has 3 aliphatic heterocycles. The molecule has 0 amide bonds. The van der Waals surface area contributed by atoms with Gasteiger partial charge in [0.15, 0.2) is 0 Å². The second kappa shape index (κ2) is 12.9. The van der Waals surface area contributed by atoms with Gasteiger partial charge in [0.25, 0.3) is 0 Å². The summed E-state index contributed by atoms with van der Waals surface area (Å²) >= 11 is 6.79. The van der Waals surface area contributed by atoms with Crippen molar-refractivity contribution in [1.29, 1.82) is 0 Å². The van der Waals surface area contributed by atoms with Gasteiger partial charge in [-0.05, 0) is 123 Å². The van der Waals surface area contributed by atoms with E-state index in [4.69, 9.17) is 16.6 Å². The molecule has 0 aliphatic carbocycles. The molecular weight excluding hydrogens is 574 g/mol. The highest BCUT2D eigenvalue weighted by Crippen LogP contribution is 2.46. The molecule has 1 aromatic heterocycles. The zero-order chi connectivity index (χ0) is 30.9. The van der Waals surface area contributed by atoms with Gasteiger partial charge in [0.05, 0.1) is 30.7 Å². The molecular formula is C39H44ClN5. The molecule has 0 unspecified atom stereocenters. The van der Waals surface area contributed by atoms with E-state index in [0.717, 1.165) is 42.6 Å². The highest BCUT2D eigenvalue weighted by molar-refractivity contribution is 6.32. The molecule has 7 rings (SSSR count). The van der Waals surface area contributed by atoms with Crippen LogP contribution in [0.15, 0.2) is 66.9 Å². The van der Waals surface area contributed by atoms with E-state index in [-0.39, 0.29) is 0 Å². The molecule has 3 aliphatic rings. The summed E-state index contributed by atoms with van der Waals surface area (Å²) in [5.41, 5.74) is 14.8. The molecule has 0 radical (unpaired) electrons. The summed E-state index contributed by atoms with van der Waals surface area (Å²) in [4.78, 5) is 12.3. The van der Waals surface area contributed by atoms with E-state index in [1.165, 1.54) is 94.8 Å². The summed E-state index contributed by atoms with van der Waals surface area (Å²) in [7, 11) is 0. The van der Waals surface area contributed by atoms with Crippen LogP contribution in [0.2, 0.25) is 5.02 Å². The Morgan fingerprint density at radius 2 is 1.60 bits per heavy atom. The number of aromatic nitrogens is 1. The van der Waals surface area contributed by atoms with E-state index in [2.05, 4.69) is 108 Å². The summed E-state index contributed by atoms with van der Waals surface area (Å²) in [6, 6.07) is 20.1. The monoisotopic (exact) mass is 617 g/mol. The second-order valence-corrected chi connectivity index (χ2v) is 13.3. The van der Waals surface area contributed by atoms with Crippen molar-refractivity contribution < 1.29 is 0 Å². The molecule has 2 saturated heterocycles. The van der Waals surface area contributed by atoms with Crippen LogP contribution >= 0.6 is 11.6 Å². The topological polar surface area (TPSA) is 34.6 Å². The van der Waals surface area contributed by atoms with Crippen LogP contribution < -0.4 is 15.1 Å². The maximum absolute atomic E-state index is 6.79. The summed E-state index contributed by atoms with van der Waals surface area (Å²) < 4.78 is 0. The lowest BCUT2D eigenvalue weighted by atomic mass is 9.92. The zero-order valence-electron chi connectivity index (χ0n) is 26.9. The van der Waals surface area contributed by atoms with Crippen molar-refractivity contribution in [2.45, 2.75) is 66.1 Å². The number of nitrogens with zero attached hydrogens (tertiary/aromatic N) is 4. The van der Waals surface area contributed by atoms with Crippen molar-refractivity contribution in [2.24, 2.45) is 0 Å². The molecule has 0 spiro atoms. The molecule has 0 saturated carbocycles. The lowest BCUT2D eigenvalue weighted by molar-refractivity contribution is 0.331. The van der Waals surface area contributed by atoms with Crippen molar-refractivity contribution in [3.05, 3.63) is 105 Å². The number of fused-ring (bicyclic) bond motifs is 1. The number of hydrogen-bond acceptors (Lipinski definition) is 5. The Morgan fingerprint density at radius 1 is 0.867 bits per heavy atom. The molecule has 2 fully saturated rings. The standard InChI is InChI=1S/C39H44ClN5/c1-4-11-30-22-31(44-18-7-8-19-44)23-41-37(30)24-42-36-14-9-12-32(27(36)2)33-13-10-15-38(28(33)3)45-26-34-35(40)20-29(21-39(34)45)25-43-16-5-6-17-43/h4,9-15,20-23,42H,5-8,16-19,24-26H2,1-3H3/b11-4-. The molecule has 1 N–H and O–H groups in total. The van der Waals surface area contributed by atoms with Crippen molar-refractivity contribution in [2.75, 3.05) is 41.3 Å². The molecule has 45 heavy (non-hydrogen) atoms. The summed E-state index contributed by atoms with van der Waals surface area (Å²) in [5.74, 6) is 0. The fraction of sp³-hybridized carbons (Fsp3) is 0.359. The maximum atomic E-state index is 6.79. The average molecular weight is 618 g/mol. The van der Waals surface area contributed by atoms with Crippen LogP contribution in [0.1, 0.15) is 66.1 Å². The summed E-state index contributed by atoms with van der Waals surface area (Å²) in [6.45, 7) is 13.7. The van der Waals surface area contributed by atoms with Crippen molar-refractivity contribution in [1.82, 2.24) is 9.88 Å². The van der Waals surface area contributed by atoms with Gasteiger partial charge in [0.1, 0.15) is 0 Å². The Labute approximate surface area is 273 Å². The number of benzene rings is 3. The molecule has 232 valence electrons. The first-order valence-corrected chi connectivity index (χ1v) is 17.0. The third-order valence-electron chi connectivity index (χ3n) is 9.92. The number of likely N-dealkylation sites (tertiary alicyclic amines) is 1. The smallest absolute Gasteiger partial charge is 0.0668 e. The predicted octanol–water partition coefficient (Wildman–Crippen LogP) is 9.51. The van der Waals surface area contributed by atoms with Crippen molar-refractivity contribution in [3.63, 3.8) is 0 Å². The molecule has 4 aromatic rings. The van der Waals surface area contributed by atoms with Gasteiger partial charge < -0.3 is 15.1 Å². The Morgan fingerprint density at radius 3 is 2.38 bits per heavy atom. The van der Waals surface area contributed by atoms with Crippen LogP contribution in [-0.4, -0.2) is 36.1 Å². The molecule has 3 aromatic carbocycles. The maximum Gasteiger partial charge on any atom is 0.0668 e. The van der Waals surface area contributed by atoms with Crippen LogP contribution in [0, 0.1) is 13.8 Å². The summed E-state index contributed by atoms with van der Waals surface area (Å²) in [6.07, 6.45) is 11.5. The van der Waals surface area contributed by atoms with Gasteiger partial charge in [-0.2, -0.15) is 0 Å². The quantitative estimate of drug-likeness (QED) is 0.202. The molecule has 6 heteroatoms. The van der Waals surface area contributed by atoms with Gasteiger partial charge in [-0.1, -0.05) is 48.0 Å². The first kappa shape index (κ1) is 29.9. The number of anilines is 4. The minimum atomic E-state index is 0.675. The molecule has 4 heterocycles. The first-order chi connectivity index (χ1) is 22.0. The number of rotatable bonds is 9. The van der Waals surface area contributed by atoms with E-state index in [1.54, 1.807) is 0 Å². The number of halogens is 1. The average Bonchev–Trinajstić information content (AvgIpc) is 3.75. The lowest BCUT2D eigenvalue weighted by Crippen LogP contribution is -2.29. The van der Waals surface area contributed by atoms with Gasteiger partial charge in [0.2, 0.25) is 0 Å². The Hall–Kier alpha value is -3.80.